The number of nitrogens with zero attached hydrogens (tertiary/aromatic N) is 2. The van der Waals surface area contributed by atoms with Crippen molar-refractivity contribution in [3.63, 3.8) is 0 Å². The lowest BCUT2D eigenvalue weighted by molar-refractivity contribution is -0.123. The summed E-state index contributed by atoms with van der Waals surface area (Å²) in [5.74, 6) is -1.22. The van der Waals surface area contributed by atoms with Gasteiger partial charge in [-0.3, -0.25) is 9.59 Å². The van der Waals surface area contributed by atoms with Crippen molar-refractivity contribution in [3.05, 3.63) is 70.1 Å². The standard InChI is InChI=1S/C21H21N3O4/c1-4-14-9-11-15(12-10-14)22-19(25)13(2)28-21(27)18-16-7-5-6-8-17(16)20(26)24(3)23-18/h5-13H,4H2,1-3H3,(H,22,25)/t13-/m1/s1. The first kappa shape index (κ1) is 19.3. The van der Waals surface area contributed by atoms with Crippen LogP contribution >= 0.6 is 0 Å². The van der Waals surface area contributed by atoms with Gasteiger partial charge in [0.15, 0.2) is 11.8 Å². The van der Waals surface area contributed by atoms with Crippen molar-refractivity contribution in [2.24, 2.45) is 7.05 Å². The van der Waals surface area contributed by atoms with E-state index in [2.05, 4.69) is 10.4 Å². The number of amides is 1. The summed E-state index contributed by atoms with van der Waals surface area (Å²) in [6.07, 6.45) is -0.126. The first-order chi connectivity index (χ1) is 13.4. The van der Waals surface area contributed by atoms with Crippen molar-refractivity contribution in [2.45, 2.75) is 26.4 Å². The van der Waals surface area contributed by atoms with Crippen LogP contribution < -0.4 is 10.9 Å². The van der Waals surface area contributed by atoms with Crippen LogP contribution in [0.4, 0.5) is 5.69 Å². The van der Waals surface area contributed by atoms with Gasteiger partial charge in [-0.05, 0) is 37.1 Å². The molecule has 0 radical (unpaired) electrons. The summed E-state index contributed by atoms with van der Waals surface area (Å²) in [7, 11) is 1.46. The molecule has 1 atom stereocenters. The Kier molecular flexibility index (Phi) is 5.54. The first-order valence-electron chi connectivity index (χ1n) is 8.97. The molecule has 144 valence electrons. The first-order valence-corrected chi connectivity index (χ1v) is 8.97. The molecule has 1 N–H and O–H groups in total. The minimum atomic E-state index is -1.03. The summed E-state index contributed by atoms with van der Waals surface area (Å²) in [6, 6.07) is 14.1. The molecular formula is C21H21N3O4. The minimum absolute atomic E-state index is 0.00958. The maximum absolute atomic E-state index is 12.6. The fraction of sp³-hybridized carbons (Fsp3) is 0.238. The maximum atomic E-state index is 12.6. The van der Waals surface area contributed by atoms with Gasteiger partial charge in [-0.2, -0.15) is 5.10 Å². The van der Waals surface area contributed by atoms with Crippen molar-refractivity contribution < 1.29 is 14.3 Å². The van der Waals surface area contributed by atoms with Gasteiger partial charge >= 0.3 is 5.97 Å². The molecule has 0 saturated heterocycles. The van der Waals surface area contributed by atoms with E-state index >= 15 is 0 Å². The van der Waals surface area contributed by atoms with E-state index in [1.54, 1.807) is 36.4 Å². The monoisotopic (exact) mass is 379 g/mol. The summed E-state index contributed by atoms with van der Waals surface area (Å²) in [5, 5.41) is 7.48. The average Bonchev–Trinajstić information content (AvgIpc) is 2.71. The fourth-order valence-corrected chi connectivity index (χ4v) is 2.79. The molecule has 3 aromatic rings. The van der Waals surface area contributed by atoms with E-state index in [0.717, 1.165) is 16.7 Å². The fourth-order valence-electron chi connectivity index (χ4n) is 2.79. The topological polar surface area (TPSA) is 90.3 Å². The third-order valence-electron chi connectivity index (χ3n) is 4.43. The Morgan fingerprint density at radius 2 is 1.75 bits per heavy atom. The van der Waals surface area contributed by atoms with Crippen LogP contribution in [-0.4, -0.2) is 27.8 Å². The van der Waals surface area contributed by atoms with Gasteiger partial charge in [0.05, 0.1) is 5.39 Å². The Morgan fingerprint density at radius 1 is 1.11 bits per heavy atom. The third-order valence-corrected chi connectivity index (χ3v) is 4.43. The van der Waals surface area contributed by atoms with E-state index in [1.807, 2.05) is 19.1 Å². The molecule has 0 saturated carbocycles. The van der Waals surface area contributed by atoms with Gasteiger partial charge in [0.2, 0.25) is 0 Å². The zero-order chi connectivity index (χ0) is 20.3. The second-order valence-electron chi connectivity index (χ2n) is 6.41. The summed E-state index contributed by atoms with van der Waals surface area (Å²) in [5.41, 5.74) is 1.46. The molecule has 0 spiro atoms. The molecule has 0 aliphatic heterocycles. The van der Waals surface area contributed by atoms with Crippen LogP contribution in [0.5, 0.6) is 0 Å². The van der Waals surface area contributed by atoms with E-state index in [4.69, 9.17) is 4.74 Å². The van der Waals surface area contributed by atoms with Crippen LogP contribution in [0.2, 0.25) is 0 Å². The molecule has 1 amide bonds. The highest BCUT2D eigenvalue weighted by molar-refractivity contribution is 6.03. The molecule has 0 aliphatic carbocycles. The third kappa shape index (κ3) is 3.93. The lowest BCUT2D eigenvalue weighted by atomic mass is 10.1. The molecule has 0 bridgehead atoms. The van der Waals surface area contributed by atoms with E-state index in [-0.39, 0.29) is 11.3 Å². The zero-order valence-electron chi connectivity index (χ0n) is 15.9. The van der Waals surface area contributed by atoms with Gasteiger partial charge in [0.1, 0.15) is 0 Å². The maximum Gasteiger partial charge on any atom is 0.360 e. The van der Waals surface area contributed by atoms with E-state index < -0.39 is 18.0 Å². The Balaban J connectivity index is 1.77. The van der Waals surface area contributed by atoms with E-state index in [0.29, 0.717) is 16.5 Å². The number of ether oxygens (including phenoxy) is 1. The van der Waals surface area contributed by atoms with Gasteiger partial charge in [0.25, 0.3) is 11.5 Å². The Hall–Kier alpha value is -3.48. The molecule has 7 nitrogen and oxygen atoms in total. The van der Waals surface area contributed by atoms with Crippen molar-refractivity contribution in [1.29, 1.82) is 0 Å². The van der Waals surface area contributed by atoms with Crippen LogP contribution in [0, 0.1) is 0 Å². The second kappa shape index (κ2) is 8.04. The van der Waals surface area contributed by atoms with Crippen LogP contribution in [-0.2, 0) is 23.0 Å². The summed E-state index contributed by atoms with van der Waals surface area (Å²) in [4.78, 5) is 37.1. The van der Waals surface area contributed by atoms with Crippen molar-refractivity contribution in [1.82, 2.24) is 9.78 Å². The number of rotatable bonds is 5. The van der Waals surface area contributed by atoms with Gasteiger partial charge < -0.3 is 10.1 Å². The molecular weight excluding hydrogens is 358 g/mol. The molecule has 0 aliphatic rings. The molecule has 2 aromatic carbocycles. The zero-order valence-corrected chi connectivity index (χ0v) is 15.9. The van der Waals surface area contributed by atoms with Crippen LogP contribution in [0.3, 0.4) is 0 Å². The molecule has 0 fully saturated rings. The summed E-state index contributed by atoms with van der Waals surface area (Å²) < 4.78 is 6.37. The number of esters is 1. The van der Waals surface area contributed by atoms with Crippen molar-refractivity contribution in [3.8, 4) is 0 Å². The Labute approximate surface area is 161 Å². The highest BCUT2D eigenvalue weighted by atomic mass is 16.5. The molecule has 28 heavy (non-hydrogen) atoms. The van der Waals surface area contributed by atoms with Crippen LogP contribution in [0.25, 0.3) is 10.8 Å². The molecule has 1 heterocycles. The number of fused-ring (bicyclic) bond motifs is 1. The van der Waals surface area contributed by atoms with Gasteiger partial charge in [-0.1, -0.05) is 37.3 Å². The van der Waals surface area contributed by atoms with Gasteiger partial charge in [-0.15, -0.1) is 0 Å². The lowest BCUT2D eigenvalue weighted by Gasteiger charge is -2.14. The van der Waals surface area contributed by atoms with E-state index in [9.17, 15) is 14.4 Å². The molecule has 7 heteroatoms. The predicted octanol–water partition coefficient (Wildman–Crippen LogP) is 2.68. The number of aromatic nitrogens is 2. The highest BCUT2D eigenvalue weighted by Gasteiger charge is 2.23. The van der Waals surface area contributed by atoms with Crippen molar-refractivity contribution >= 4 is 28.3 Å². The van der Waals surface area contributed by atoms with Gasteiger partial charge in [0, 0.05) is 18.1 Å². The average molecular weight is 379 g/mol. The number of carbonyl (C=O) groups excluding carboxylic acids is 2. The smallest absolute Gasteiger partial charge is 0.360 e. The van der Waals surface area contributed by atoms with Crippen molar-refractivity contribution in [2.75, 3.05) is 5.32 Å². The number of carbonyl (C=O) groups is 2. The second-order valence-corrected chi connectivity index (χ2v) is 6.41. The number of hydrogen-bond acceptors (Lipinski definition) is 5. The quantitative estimate of drug-likeness (QED) is 0.689. The summed E-state index contributed by atoms with van der Waals surface area (Å²) >= 11 is 0. The van der Waals surface area contributed by atoms with Gasteiger partial charge in [-0.25, -0.2) is 9.48 Å². The van der Waals surface area contributed by atoms with E-state index in [1.165, 1.54) is 14.0 Å². The largest absolute Gasteiger partial charge is 0.448 e. The molecule has 0 unspecified atom stereocenters. The Bertz CT molecular complexity index is 1090. The lowest BCUT2D eigenvalue weighted by Crippen LogP contribution is -2.31. The number of anilines is 1. The molecule has 1 aromatic heterocycles. The van der Waals surface area contributed by atoms with Crippen LogP contribution in [0.15, 0.2) is 53.3 Å². The number of benzene rings is 2. The SMILES string of the molecule is CCc1ccc(NC(=O)[C@@H](C)OC(=O)c2nn(C)c(=O)c3ccccc23)cc1. The number of hydrogen-bond donors (Lipinski definition) is 1. The predicted molar refractivity (Wildman–Crippen MR) is 106 cm³/mol. The minimum Gasteiger partial charge on any atom is -0.448 e. The number of nitrogens with one attached hydrogen (secondary N) is 1. The Morgan fingerprint density at radius 3 is 2.39 bits per heavy atom. The van der Waals surface area contributed by atoms with Crippen LogP contribution in [0.1, 0.15) is 29.9 Å². The number of aryl methyl sites for hydroxylation is 2. The summed E-state index contributed by atoms with van der Waals surface area (Å²) in [6.45, 7) is 3.53. The highest BCUT2D eigenvalue weighted by Crippen LogP contribution is 2.15. The molecule has 3 rings (SSSR count). The normalized spacial score (nSPS) is 11.8.